The maximum absolute atomic E-state index is 14.2. The fraction of sp³-hybridized carbons (Fsp3) is 0.758. The van der Waals surface area contributed by atoms with Crippen molar-refractivity contribution in [1.29, 1.82) is 0 Å². The Labute approximate surface area is 248 Å². The second-order valence-corrected chi connectivity index (χ2v) is 11.5. The van der Waals surface area contributed by atoms with E-state index in [2.05, 4.69) is 26.0 Å². The van der Waals surface area contributed by atoms with Gasteiger partial charge < -0.3 is 19.1 Å². The molecule has 1 aromatic heterocycles. The number of esters is 1. The van der Waals surface area contributed by atoms with E-state index >= 15 is 0 Å². The predicted molar refractivity (Wildman–Crippen MR) is 169 cm³/mol. The molecule has 0 aliphatic heterocycles. The van der Waals surface area contributed by atoms with Gasteiger partial charge in [0.1, 0.15) is 11.7 Å². The summed E-state index contributed by atoms with van der Waals surface area (Å²) in [5.74, 6) is 0.464. The normalized spacial score (nSPS) is 20.1. The number of rotatable bonds is 12. The van der Waals surface area contributed by atoms with Crippen LogP contribution in [0.1, 0.15) is 134 Å². The number of hydrogen-bond acceptors (Lipinski definition) is 6. The Morgan fingerprint density at radius 1 is 1.05 bits per heavy atom. The standard InChI is InChI=1S/C29H45NO5S.2C2H6/c1-6-24(17-14-21(3)35-19-33-4)30(28(31)23-15-12-20(2)13-16-23)25-18-26(22-10-8-7-9-11-22)36-27(25)29(32)34-5;2*1-2/h10,18,20-21,23-24H,6-9,11-17,19H2,1-5H3;2*1-2H3. The molecule has 0 saturated heterocycles. The minimum absolute atomic E-state index is 0.000146. The molecule has 1 amide bonds. The average molecular weight is 580 g/mol. The van der Waals surface area contributed by atoms with Gasteiger partial charge >= 0.3 is 5.97 Å². The highest BCUT2D eigenvalue weighted by Crippen LogP contribution is 2.41. The van der Waals surface area contributed by atoms with Crippen molar-refractivity contribution in [3.63, 3.8) is 0 Å². The summed E-state index contributed by atoms with van der Waals surface area (Å²) >= 11 is 1.48. The SMILES string of the molecule is CC.CC.CCC(CCC(C)OCOC)N(C(=O)C1CCC(C)CC1)c1cc(C2=CCCCC2)sc1C(=O)OC. The highest BCUT2D eigenvalue weighted by atomic mass is 32.1. The number of thiophene rings is 1. The molecule has 1 fully saturated rings. The van der Waals surface area contributed by atoms with Gasteiger partial charge in [-0.1, -0.05) is 47.6 Å². The van der Waals surface area contributed by atoms with Crippen molar-refractivity contribution in [3.8, 4) is 0 Å². The van der Waals surface area contributed by atoms with Crippen LogP contribution in [0.5, 0.6) is 0 Å². The Morgan fingerprint density at radius 2 is 1.73 bits per heavy atom. The highest BCUT2D eigenvalue weighted by molar-refractivity contribution is 7.15. The molecule has 0 aromatic carbocycles. The Kier molecular flexibility index (Phi) is 18.4. The molecule has 2 atom stereocenters. The van der Waals surface area contributed by atoms with Crippen LogP contribution in [0.2, 0.25) is 0 Å². The number of anilines is 1. The van der Waals surface area contributed by atoms with Gasteiger partial charge in [0.25, 0.3) is 0 Å². The van der Waals surface area contributed by atoms with Crippen molar-refractivity contribution in [2.75, 3.05) is 25.9 Å². The first-order valence-corrected chi connectivity index (χ1v) is 16.6. The quantitative estimate of drug-likeness (QED) is 0.182. The summed E-state index contributed by atoms with van der Waals surface area (Å²) in [6.07, 6.45) is 13.2. The van der Waals surface area contributed by atoms with Gasteiger partial charge in [-0.05, 0) is 95.1 Å². The molecule has 2 unspecified atom stereocenters. The third-order valence-corrected chi connectivity index (χ3v) is 8.95. The lowest BCUT2D eigenvalue weighted by Gasteiger charge is -2.36. The van der Waals surface area contributed by atoms with Crippen LogP contribution in [0, 0.1) is 11.8 Å². The second kappa shape index (κ2) is 20.2. The highest BCUT2D eigenvalue weighted by Gasteiger charge is 2.36. The number of carbonyl (C=O) groups excluding carboxylic acids is 2. The van der Waals surface area contributed by atoms with Crippen molar-refractivity contribution in [2.24, 2.45) is 11.8 Å². The third kappa shape index (κ3) is 10.6. The lowest BCUT2D eigenvalue weighted by molar-refractivity contribution is -0.124. The van der Waals surface area contributed by atoms with E-state index < -0.39 is 0 Å². The van der Waals surface area contributed by atoms with Gasteiger partial charge in [-0.2, -0.15) is 0 Å². The van der Waals surface area contributed by atoms with Crippen LogP contribution in [0.15, 0.2) is 12.1 Å². The molecule has 6 nitrogen and oxygen atoms in total. The van der Waals surface area contributed by atoms with E-state index in [4.69, 9.17) is 14.2 Å². The van der Waals surface area contributed by atoms with Crippen molar-refractivity contribution in [2.45, 2.75) is 131 Å². The minimum Gasteiger partial charge on any atom is -0.465 e. The Bertz CT molecular complexity index is 887. The Morgan fingerprint density at radius 3 is 2.27 bits per heavy atom. The average Bonchev–Trinajstić information content (AvgIpc) is 3.45. The third-order valence-electron chi connectivity index (χ3n) is 7.77. The molecular formula is C33H57NO5S. The lowest BCUT2D eigenvalue weighted by Crippen LogP contribution is -2.45. The zero-order valence-corrected chi connectivity index (χ0v) is 27.7. The van der Waals surface area contributed by atoms with Gasteiger partial charge in [-0.15, -0.1) is 11.3 Å². The van der Waals surface area contributed by atoms with Crippen molar-refractivity contribution in [3.05, 3.63) is 21.9 Å². The Balaban J connectivity index is 0.00000191. The monoisotopic (exact) mass is 579 g/mol. The summed E-state index contributed by atoms with van der Waals surface area (Å²) in [6, 6.07) is 2.07. The molecule has 7 heteroatoms. The predicted octanol–water partition coefficient (Wildman–Crippen LogP) is 9.27. The first kappa shape index (κ1) is 36.3. The van der Waals surface area contributed by atoms with Crippen LogP contribution in [-0.4, -0.2) is 45.0 Å². The van der Waals surface area contributed by atoms with E-state index in [1.54, 1.807) is 7.11 Å². The van der Waals surface area contributed by atoms with Crippen LogP contribution in [0.3, 0.4) is 0 Å². The molecule has 0 radical (unpaired) electrons. The van der Waals surface area contributed by atoms with E-state index in [0.29, 0.717) is 10.8 Å². The molecule has 0 bridgehead atoms. The molecule has 2 aliphatic rings. The number of carbonyl (C=O) groups is 2. The summed E-state index contributed by atoms with van der Waals surface area (Å²) in [5, 5.41) is 0. The summed E-state index contributed by atoms with van der Waals surface area (Å²) < 4.78 is 16.0. The topological polar surface area (TPSA) is 65.1 Å². The molecule has 230 valence electrons. The second-order valence-electron chi connectivity index (χ2n) is 10.5. The maximum atomic E-state index is 14.2. The van der Waals surface area contributed by atoms with Crippen LogP contribution in [0.25, 0.3) is 5.57 Å². The van der Waals surface area contributed by atoms with Crippen LogP contribution in [-0.2, 0) is 19.0 Å². The molecule has 0 spiro atoms. The number of ether oxygens (including phenoxy) is 3. The fourth-order valence-electron chi connectivity index (χ4n) is 5.43. The van der Waals surface area contributed by atoms with Gasteiger partial charge in [0.15, 0.2) is 0 Å². The largest absolute Gasteiger partial charge is 0.465 e. The van der Waals surface area contributed by atoms with Gasteiger partial charge in [-0.3, -0.25) is 4.79 Å². The summed E-state index contributed by atoms with van der Waals surface area (Å²) in [4.78, 5) is 30.8. The molecule has 1 heterocycles. The maximum Gasteiger partial charge on any atom is 0.350 e. The first-order chi connectivity index (χ1) is 19.4. The van der Waals surface area contributed by atoms with Gasteiger partial charge in [0.05, 0.1) is 18.9 Å². The lowest BCUT2D eigenvalue weighted by atomic mass is 9.82. The zero-order chi connectivity index (χ0) is 30.1. The van der Waals surface area contributed by atoms with Crippen molar-refractivity contribution < 1.29 is 23.8 Å². The number of amides is 1. The van der Waals surface area contributed by atoms with E-state index in [-0.39, 0.29) is 36.7 Å². The molecule has 1 saturated carbocycles. The molecule has 40 heavy (non-hydrogen) atoms. The van der Waals surface area contributed by atoms with Crippen molar-refractivity contribution >= 4 is 34.5 Å². The number of nitrogens with zero attached hydrogens (tertiary/aromatic N) is 1. The van der Waals surface area contributed by atoms with E-state index in [1.807, 2.05) is 39.5 Å². The first-order valence-electron chi connectivity index (χ1n) is 15.7. The number of allylic oxidation sites excluding steroid dienone is 2. The van der Waals surface area contributed by atoms with Crippen LogP contribution < -0.4 is 4.90 Å². The molecule has 1 aromatic rings. The van der Waals surface area contributed by atoms with Gasteiger partial charge in [0.2, 0.25) is 5.91 Å². The number of methoxy groups -OCH3 is 2. The fourth-order valence-corrected chi connectivity index (χ4v) is 6.56. The summed E-state index contributed by atoms with van der Waals surface area (Å²) in [6.45, 7) is 14.7. The molecular weight excluding hydrogens is 522 g/mol. The number of hydrogen-bond donors (Lipinski definition) is 0. The van der Waals surface area contributed by atoms with Gasteiger partial charge in [0, 0.05) is 23.9 Å². The van der Waals surface area contributed by atoms with E-state index in [9.17, 15) is 9.59 Å². The van der Waals surface area contributed by atoms with Gasteiger partial charge in [-0.25, -0.2) is 4.79 Å². The minimum atomic E-state index is -0.362. The van der Waals surface area contributed by atoms with E-state index in [0.717, 1.165) is 74.8 Å². The van der Waals surface area contributed by atoms with Crippen LogP contribution >= 0.6 is 11.3 Å². The van der Waals surface area contributed by atoms with Crippen molar-refractivity contribution in [1.82, 2.24) is 0 Å². The zero-order valence-electron chi connectivity index (χ0n) is 26.8. The van der Waals surface area contributed by atoms with Crippen LogP contribution in [0.4, 0.5) is 5.69 Å². The summed E-state index contributed by atoms with van der Waals surface area (Å²) in [7, 11) is 3.05. The summed E-state index contributed by atoms with van der Waals surface area (Å²) in [5.41, 5.74) is 2.02. The molecule has 3 rings (SSSR count). The molecule has 0 N–H and O–H groups in total. The van der Waals surface area contributed by atoms with E-state index in [1.165, 1.54) is 30.4 Å². The molecule has 2 aliphatic carbocycles. The Hall–Kier alpha value is -1.70. The smallest absolute Gasteiger partial charge is 0.350 e.